The van der Waals surface area contributed by atoms with E-state index in [0.717, 1.165) is 32.0 Å². The van der Waals surface area contributed by atoms with Crippen LogP contribution in [-0.4, -0.2) is 80.1 Å². The van der Waals surface area contributed by atoms with Gasteiger partial charge in [-0.05, 0) is 38.8 Å². The molecule has 0 bridgehead atoms. The Morgan fingerprint density at radius 3 is 2.88 bits per heavy atom. The van der Waals surface area contributed by atoms with Crippen molar-refractivity contribution >= 4 is 22.4 Å². The normalized spacial score (nSPS) is 21.6. The Kier molecular flexibility index (Phi) is 7.14. The average Bonchev–Trinajstić information content (AvgIpc) is 3.39. The Hall–Kier alpha value is -1.34. The van der Waals surface area contributed by atoms with Crippen molar-refractivity contribution in [3.8, 4) is 0 Å². The first-order chi connectivity index (χ1) is 12.7. The van der Waals surface area contributed by atoms with Crippen LogP contribution in [0.1, 0.15) is 38.3 Å². The van der Waals surface area contributed by atoms with Crippen LogP contribution in [0.4, 0.5) is 5.13 Å². The predicted molar refractivity (Wildman–Crippen MR) is 112 cm³/mol. The van der Waals surface area contributed by atoms with Gasteiger partial charge >= 0.3 is 0 Å². The number of rotatable bonds is 7. The number of anilines is 1. The zero-order valence-electron chi connectivity index (χ0n) is 16.6. The van der Waals surface area contributed by atoms with E-state index in [4.69, 9.17) is 4.98 Å². The highest BCUT2D eigenvalue weighted by molar-refractivity contribution is 7.13. The molecule has 1 aromatic heterocycles. The van der Waals surface area contributed by atoms with Crippen LogP contribution in [0.25, 0.3) is 0 Å². The van der Waals surface area contributed by atoms with Gasteiger partial charge in [-0.25, -0.2) is 4.98 Å². The molecule has 3 heterocycles. The molecule has 1 N–H and O–H groups in total. The maximum Gasteiger partial charge on any atom is 0.193 e. The molecule has 6 nitrogen and oxygen atoms in total. The summed E-state index contributed by atoms with van der Waals surface area (Å²) in [5.74, 6) is 0.989. The minimum absolute atomic E-state index is 0.658. The van der Waals surface area contributed by atoms with E-state index in [1.54, 1.807) is 11.3 Å². The molecule has 1 aromatic rings. The molecular weight excluding hydrogens is 344 g/mol. The van der Waals surface area contributed by atoms with Gasteiger partial charge in [0.25, 0.3) is 0 Å². The van der Waals surface area contributed by atoms with Crippen LogP contribution in [-0.2, 0) is 6.42 Å². The van der Waals surface area contributed by atoms with Crippen molar-refractivity contribution in [3.05, 3.63) is 11.1 Å². The number of thiazole rings is 1. The lowest BCUT2D eigenvalue weighted by atomic mass is 10.2. The fourth-order valence-electron chi connectivity index (χ4n) is 4.07. The van der Waals surface area contributed by atoms with E-state index in [2.05, 4.69) is 44.4 Å². The molecule has 0 spiro atoms. The Balaban J connectivity index is 1.43. The van der Waals surface area contributed by atoms with Crippen LogP contribution in [0.3, 0.4) is 0 Å². The summed E-state index contributed by atoms with van der Waals surface area (Å²) >= 11 is 1.78. The van der Waals surface area contributed by atoms with Crippen molar-refractivity contribution in [1.29, 1.82) is 0 Å². The van der Waals surface area contributed by atoms with Crippen LogP contribution < -0.4 is 10.2 Å². The van der Waals surface area contributed by atoms with Crippen LogP contribution in [0, 0.1) is 0 Å². The van der Waals surface area contributed by atoms with Gasteiger partial charge in [-0.15, -0.1) is 11.3 Å². The molecule has 2 saturated heterocycles. The summed E-state index contributed by atoms with van der Waals surface area (Å²) in [4.78, 5) is 16.5. The first-order valence-electron chi connectivity index (χ1n) is 10.1. The van der Waals surface area contributed by atoms with Crippen molar-refractivity contribution in [2.24, 2.45) is 4.99 Å². The molecule has 7 heteroatoms. The second-order valence-corrected chi connectivity index (χ2v) is 8.18. The summed E-state index contributed by atoms with van der Waals surface area (Å²) in [5, 5.41) is 6.91. The highest BCUT2D eigenvalue weighted by Gasteiger charge is 2.25. The Labute approximate surface area is 162 Å². The summed E-state index contributed by atoms with van der Waals surface area (Å²) in [7, 11) is 4.02. The number of guanidine groups is 1. The molecule has 146 valence electrons. The summed E-state index contributed by atoms with van der Waals surface area (Å²) in [6, 6.07) is 0.658. The van der Waals surface area contributed by atoms with Gasteiger partial charge in [-0.1, -0.05) is 6.92 Å². The molecule has 2 fully saturated rings. The third-order valence-corrected chi connectivity index (χ3v) is 6.49. The van der Waals surface area contributed by atoms with E-state index >= 15 is 0 Å². The van der Waals surface area contributed by atoms with Crippen molar-refractivity contribution in [1.82, 2.24) is 20.1 Å². The number of hydrogen-bond acceptors (Lipinski definition) is 5. The highest BCUT2D eigenvalue weighted by atomic mass is 32.1. The van der Waals surface area contributed by atoms with Crippen molar-refractivity contribution in [2.75, 3.05) is 58.3 Å². The van der Waals surface area contributed by atoms with Crippen LogP contribution >= 0.6 is 11.3 Å². The Morgan fingerprint density at radius 1 is 1.35 bits per heavy atom. The summed E-state index contributed by atoms with van der Waals surface area (Å²) in [6.45, 7) is 8.90. The molecule has 0 radical (unpaired) electrons. The van der Waals surface area contributed by atoms with E-state index in [0.29, 0.717) is 6.04 Å². The molecule has 0 aromatic carbocycles. The standard InChI is InChI=1S/C19H34N6S/c1-4-24-13-7-8-17(24)14-23(3)18(20-2)21-10-9-16-15-26-19(22-16)25-11-5-6-12-25/h15,17H,4-14H2,1-3H3,(H,20,21). The fourth-order valence-corrected chi connectivity index (χ4v) is 4.99. The van der Waals surface area contributed by atoms with E-state index in [1.165, 1.54) is 56.1 Å². The third kappa shape index (κ3) is 4.88. The van der Waals surface area contributed by atoms with Crippen LogP contribution in [0.5, 0.6) is 0 Å². The zero-order valence-corrected chi connectivity index (χ0v) is 17.4. The molecule has 2 aliphatic heterocycles. The van der Waals surface area contributed by atoms with E-state index in [1.807, 2.05) is 7.05 Å². The number of aliphatic imine (C=N–C) groups is 1. The lowest BCUT2D eigenvalue weighted by Crippen LogP contribution is -2.46. The number of likely N-dealkylation sites (tertiary alicyclic amines) is 1. The number of likely N-dealkylation sites (N-methyl/N-ethyl adjacent to an activating group) is 2. The molecule has 0 saturated carbocycles. The molecule has 3 rings (SSSR count). The molecule has 0 aliphatic carbocycles. The second kappa shape index (κ2) is 9.55. The largest absolute Gasteiger partial charge is 0.356 e. The monoisotopic (exact) mass is 378 g/mol. The fraction of sp³-hybridized carbons (Fsp3) is 0.789. The smallest absolute Gasteiger partial charge is 0.193 e. The lowest BCUT2D eigenvalue weighted by molar-refractivity contribution is 0.233. The van der Waals surface area contributed by atoms with Gasteiger partial charge in [0.2, 0.25) is 0 Å². The second-order valence-electron chi connectivity index (χ2n) is 7.34. The number of aromatic nitrogens is 1. The third-order valence-electron chi connectivity index (χ3n) is 5.54. The van der Waals surface area contributed by atoms with Crippen molar-refractivity contribution in [2.45, 2.75) is 45.1 Å². The van der Waals surface area contributed by atoms with Gasteiger partial charge in [0.1, 0.15) is 0 Å². The van der Waals surface area contributed by atoms with Crippen molar-refractivity contribution in [3.63, 3.8) is 0 Å². The predicted octanol–water partition coefficient (Wildman–Crippen LogP) is 2.28. The topological polar surface area (TPSA) is 47.0 Å². The van der Waals surface area contributed by atoms with Gasteiger partial charge in [0.05, 0.1) is 5.69 Å². The molecule has 2 aliphatic rings. The maximum atomic E-state index is 4.81. The molecule has 1 atom stereocenters. The Morgan fingerprint density at radius 2 is 2.15 bits per heavy atom. The molecular formula is C19H34N6S. The van der Waals surface area contributed by atoms with Gasteiger partial charge in [0.15, 0.2) is 11.1 Å². The maximum absolute atomic E-state index is 4.81. The van der Waals surface area contributed by atoms with Crippen LogP contribution in [0.15, 0.2) is 10.4 Å². The first kappa shape index (κ1) is 19.4. The SMILES string of the molecule is CCN1CCCC1CN(C)C(=NC)NCCc1csc(N2CCCC2)n1. The summed E-state index contributed by atoms with van der Waals surface area (Å²) in [6.07, 6.45) is 6.17. The molecule has 26 heavy (non-hydrogen) atoms. The van der Waals surface area contributed by atoms with Gasteiger partial charge in [-0.2, -0.15) is 0 Å². The minimum Gasteiger partial charge on any atom is -0.356 e. The van der Waals surface area contributed by atoms with E-state index in [-0.39, 0.29) is 0 Å². The summed E-state index contributed by atoms with van der Waals surface area (Å²) in [5.41, 5.74) is 1.19. The number of nitrogens with zero attached hydrogens (tertiary/aromatic N) is 5. The first-order valence-corrected chi connectivity index (χ1v) is 10.9. The van der Waals surface area contributed by atoms with E-state index in [9.17, 15) is 0 Å². The summed E-state index contributed by atoms with van der Waals surface area (Å²) < 4.78 is 0. The average molecular weight is 379 g/mol. The van der Waals surface area contributed by atoms with E-state index < -0.39 is 0 Å². The molecule has 0 amide bonds. The number of nitrogens with one attached hydrogen (secondary N) is 1. The number of hydrogen-bond donors (Lipinski definition) is 1. The quantitative estimate of drug-likeness (QED) is 0.583. The van der Waals surface area contributed by atoms with Gasteiger partial charge in [-0.3, -0.25) is 9.89 Å². The van der Waals surface area contributed by atoms with Crippen LogP contribution in [0.2, 0.25) is 0 Å². The lowest BCUT2D eigenvalue weighted by Gasteiger charge is -2.29. The van der Waals surface area contributed by atoms with Gasteiger partial charge in [0, 0.05) is 58.1 Å². The highest BCUT2D eigenvalue weighted by Crippen LogP contribution is 2.24. The minimum atomic E-state index is 0.658. The van der Waals surface area contributed by atoms with Gasteiger partial charge < -0.3 is 15.1 Å². The Bertz CT molecular complexity index is 580. The zero-order chi connectivity index (χ0) is 18.4. The molecule has 1 unspecified atom stereocenters. The van der Waals surface area contributed by atoms with Crippen molar-refractivity contribution < 1.29 is 0 Å².